The van der Waals surface area contributed by atoms with Crippen LogP contribution in [0.15, 0.2) is 77.4 Å². The highest BCUT2D eigenvalue weighted by Gasteiger charge is 2.30. The fourth-order valence-electron chi connectivity index (χ4n) is 4.39. The van der Waals surface area contributed by atoms with E-state index in [1.54, 1.807) is 40.3 Å². The van der Waals surface area contributed by atoms with E-state index in [9.17, 15) is 9.59 Å². The molecule has 0 atom stereocenters. The van der Waals surface area contributed by atoms with Crippen LogP contribution in [0.2, 0.25) is 5.02 Å². The van der Waals surface area contributed by atoms with Gasteiger partial charge in [-0.3, -0.25) is 9.59 Å². The monoisotopic (exact) mass is 464 g/mol. The van der Waals surface area contributed by atoms with E-state index in [1.807, 2.05) is 42.5 Å². The maximum absolute atomic E-state index is 13.6. The van der Waals surface area contributed by atoms with Gasteiger partial charge < -0.3 is 14.2 Å². The van der Waals surface area contributed by atoms with Gasteiger partial charge in [-0.15, -0.1) is 0 Å². The summed E-state index contributed by atoms with van der Waals surface area (Å²) in [4.78, 5) is 30.6. The minimum Gasteiger partial charge on any atom is -0.467 e. The normalized spacial score (nSPS) is 14.1. The first-order valence-corrected chi connectivity index (χ1v) is 11.9. The first kappa shape index (κ1) is 23.1. The van der Waals surface area contributed by atoms with Crippen LogP contribution in [0.25, 0.3) is 0 Å². The molecule has 0 radical (unpaired) electrons. The minimum atomic E-state index is -0.121. The summed E-state index contributed by atoms with van der Waals surface area (Å²) in [6.45, 7) is 0.849. The number of halogens is 1. The summed E-state index contributed by atoms with van der Waals surface area (Å²) in [6, 6.07) is 20.5. The lowest BCUT2D eigenvalue weighted by Gasteiger charge is -2.35. The molecule has 1 aromatic heterocycles. The number of amides is 2. The third-order valence-corrected chi connectivity index (χ3v) is 6.42. The highest BCUT2D eigenvalue weighted by atomic mass is 35.5. The number of hydrogen-bond acceptors (Lipinski definition) is 3. The summed E-state index contributed by atoms with van der Waals surface area (Å²) >= 11 is 6.02. The van der Waals surface area contributed by atoms with Crippen molar-refractivity contribution in [3.8, 4) is 0 Å². The zero-order valence-corrected chi connectivity index (χ0v) is 19.4. The van der Waals surface area contributed by atoms with Crippen LogP contribution < -0.4 is 0 Å². The fraction of sp³-hybridized carbons (Fsp3) is 0.333. The van der Waals surface area contributed by atoms with Crippen LogP contribution in [0.4, 0.5) is 0 Å². The fourth-order valence-corrected chi connectivity index (χ4v) is 4.52. The molecule has 1 fully saturated rings. The predicted octanol–water partition coefficient (Wildman–Crippen LogP) is 5.94. The van der Waals surface area contributed by atoms with Crippen molar-refractivity contribution in [1.82, 2.24) is 9.80 Å². The Balaban J connectivity index is 1.56. The van der Waals surface area contributed by atoms with Crippen LogP contribution in [-0.2, 0) is 17.9 Å². The van der Waals surface area contributed by atoms with Crippen LogP contribution in [0.1, 0.15) is 53.8 Å². The maximum Gasteiger partial charge on any atom is 0.254 e. The zero-order valence-electron chi connectivity index (χ0n) is 18.7. The number of rotatable bonds is 8. The molecule has 2 aromatic carbocycles. The molecule has 3 aromatic rings. The summed E-state index contributed by atoms with van der Waals surface area (Å²) in [7, 11) is 0. The van der Waals surface area contributed by atoms with Crippen LogP contribution in [0.3, 0.4) is 0 Å². The van der Waals surface area contributed by atoms with Gasteiger partial charge in [0.25, 0.3) is 5.91 Å². The maximum atomic E-state index is 13.6. The predicted molar refractivity (Wildman–Crippen MR) is 129 cm³/mol. The first-order valence-electron chi connectivity index (χ1n) is 11.5. The van der Waals surface area contributed by atoms with E-state index in [4.69, 9.17) is 16.0 Å². The molecule has 6 heteroatoms. The minimum absolute atomic E-state index is 0.0413. The summed E-state index contributed by atoms with van der Waals surface area (Å²) in [6.07, 6.45) is 6.77. The Labute approximate surface area is 199 Å². The molecule has 5 nitrogen and oxygen atoms in total. The smallest absolute Gasteiger partial charge is 0.254 e. The SMILES string of the molecule is O=C(CN(C(=O)c1ccc(Cl)cc1)C1CCCCC1)N(Cc1ccccc1)Cc1ccco1. The standard InChI is InChI=1S/C27H29ClN2O3/c28-23-15-13-22(14-16-23)27(32)30(24-10-5-2-6-11-24)20-26(31)29(19-25-12-7-17-33-25)18-21-8-3-1-4-9-21/h1,3-4,7-9,12-17,24H,2,5-6,10-11,18-20H2. The Hall–Kier alpha value is -3.05. The van der Waals surface area contributed by atoms with Gasteiger partial charge in [-0.25, -0.2) is 0 Å². The van der Waals surface area contributed by atoms with Gasteiger partial charge in [0.15, 0.2) is 0 Å². The molecule has 0 N–H and O–H groups in total. The van der Waals surface area contributed by atoms with Gasteiger partial charge in [-0.05, 0) is 54.8 Å². The molecular formula is C27H29ClN2O3. The van der Waals surface area contributed by atoms with Gasteiger partial charge in [0, 0.05) is 23.2 Å². The van der Waals surface area contributed by atoms with Gasteiger partial charge in [0.05, 0.1) is 12.8 Å². The molecule has 0 saturated heterocycles. The molecule has 0 aliphatic heterocycles. The average molecular weight is 465 g/mol. The molecule has 0 bridgehead atoms. The summed E-state index contributed by atoms with van der Waals surface area (Å²) in [5, 5.41) is 0.583. The Kier molecular flexibility index (Phi) is 7.84. The molecule has 1 aliphatic rings. The summed E-state index contributed by atoms with van der Waals surface area (Å²) < 4.78 is 5.51. The number of carbonyl (C=O) groups excluding carboxylic acids is 2. The third-order valence-electron chi connectivity index (χ3n) is 6.17. The molecule has 33 heavy (non-hydrogen) atoms. The second kappa shape index (κ2) is 11.2. The lowest BCUT2D eigenvalue weighted by Crippen LogP contribution is -2.48. The molecule has 2 amide bonds. The van der Waals surface area contributed by atoms with Crippen molar-refractivity contribution >= 4 is 23.4 Å². The van der Waals surface area contributed by atoms with E-state index in [0.29, 0.717) is 29.4 Å². The van der Waals surface area contributed by atoms with Gasteiger partial charge in [0.1, 0.15) is 12.3 Å². The highest BCUT2D eigenvalue weighted by molar-refractivity contribution is 6.30. The van der Waals surface area contributed by atoms with Crippen LogP contribution in [0, 0.1) is 0 Å². The van der Waals surface area contributed by atoms with Crippen molar-refractivity contribution < 1.29 is 14.0 Å². The number of furan rings is 1. The highest BCUT2D eigenvalue weighted by Crippen LogP contribution is 2.25. The van der Waals surface area contributed by atoms with Crippen LogP contribution >= 0.6 is 11.6 Å². The molecule has 0 spiro atoms. The molecule has 1 saturated carbocycles. The third kappa shape index (κ3) is 6.26. The molecule has 4 rings (SSSR count). The van der Waals surface area contributed by atoms with E-state index >= 15 is 0 Å². The lowest BCUT2D eigenvalue weighted by atomic mass is 9.93. The van der Waals surface area contributed by atoms with Crippen molar-refractivity contribution in [2.45, 2.75) is 51.2 Å². The number of carbonyl (C=O) groups is 2. The van der Waals surface area contributed by atoms with Gasteiger partial charge >= 0.3 is 0 Å². The quantitative estimate of drug-likeness (QED) is 0.414. The number of hydrogen-bond donors (Lipinski definition) is 0. The molecule has 1 heterocycles. The second-order valence-electron chi connectivity index (χ2n) is 8.55. The van der Waals surface area contributed by atoms with E-state index in [1.165, 1.54) is 6.42 Å². The van der Waals surface area contributed by atoms with Gasteiger partial charge in [-0.1, -0.05) is 61.2 Å². The summed E-state index contributed by atoms with van der Waals surface area (Å²) in [5.74, 6) is 0.500. The van der Waals surface area contributed by atoms with Crippen molar-refractivity contribution in [2.75, 3.05) is 6.54 Å². The molecular weight excluding hydrogens is 436 g/mol. The van der Waals surface area contributed by atoms with Crippen LogP contribution in [-0.4, -0.2) is 34.2 Å². The van der Waals surface area contributed by atoms with Gasteiger partial charge in [-0.2, -0.15) is 0 Å². The van der Waals surface area contributed by atoms with Crippen molar-refractivity contribution in [1.29, 1.82) is 0 Å². The first-order chi connectivity index (χ1) is 16.1. The molecule has 1 aliphatic carbocycles. The summed E-state index contributed by atoms with van der Waals surface area (Å²) in [5.41, 5.74) is 1.59. The van der Waals surface area contributed by atoms with Crippen molar-refractivity contribution in [3.05, 3.63) is 94.9 Å². The van der Waals surface area contributed by atoms with E-state index in [2.05, 4.69) is 0 Å². The molecule has 172 valence electrons. The second-order valence-corrected chi connectivity index (χ2v) is 8.98. The topological polar surface area (TPSA) is 53.8 Å². The largest absolute Gasteiger partial charge is 0.467 e. The van der Waals surface area contributed by atoms with Crippen LogP contribution in [0.5, 0.6) is 0 Å². The Morgan fingerprint density at radius 3 is 2.27 bits per heavy atom. The van der Waals surface area contributed by atoms with E-state index in [-0.39, 0.29) is 24.4 Å². The number of nitrogens with zero attached hydrogens (tertiary/aromatic N) is 2. The van der Waals surface area contributed by atoms with E-state index < -0.39 is 0 Å². The van der Waals surface area contributed by atoms with Gasteiger partial charge in [0.2, 0.25) is 5.91 Å². The lowest BCUT2D eigenvalue weighted by molar-refractivity contribution is -0.134. The van der Waals surface area contributed by atoms with Crippen molar-refractivity contribution in [2.24, 2.45) is 0 Å². The average Bonchev–Trinajstić information content (AvgIpc) is 3.36. The molecule has 0 unspecified atom stereocenters. The van der Waals surface area contributed by atoms with Crippen molar-refractivity contribution in [3.63, 3.8) is 0 Å². The number of benzene rings is 2. The Bertz CT molecular complexity index is 1030. The Morgan fingerprint density at radius 1 is 0.879 bits per heavy atom. The zero-order chi connectivity index (χ0) is 23.0. The Morgan fingerprint density at radius 2 is 1.61 bits per heavy atom. The van der Waals surface area contributed by atoms with E-state index in [0.717, 1.165) is 31.2 Å².